The van der Waals surface area contributed by atoms with Crippen LogP contribution in [0, 0.1) is 5.92 Å². The minimum atomic E-state index is -0.897. The van der Waals surface area contributed by atoms with E-state index in [0.717, 1.165) is 47.1 Å². The highest BCUT2D eigenvalue weighted by Gasteiger charge is 2.47. The lowest BCUT2D eigenvalue weighted by Crippen LogP contribution is -2.46. The highest BCUT2D eigenvalue weighted by molar-refractivity contribution is 6.01. The molecule has 3 heterocycles. The third-order valence-corrected chi connectivity index (χ3v) is 9.16. The molecule has 2 aromatic rings. The van der Waals surface area contributed by atoms with Crippen LogP contribution in [-0.2, 0) is 20.8 Å². The van der Waals surface area contributed by atoms with E-state index in [0.29, 0.717) is 50.5 Å². The lowest BCUT2D eigenvalue weighted by Gasteiger charge is -2.31. The molecule has 0 aromatic heterocycles. The van der Waals surface area contributed by atoms with Crippen molar-refractivity contribution in [3.05, 3.63) is 53.6 Å². The van der Waals surface area contributed by atoms with E-state index < -0.39 is 17.9 Å². The van der Waals surface area contributed by atoms with Gasteiger partial charge in [0.05, 0.1) is 46.6 Å². The minimum absolute atomic E-state index is 0.0222. The zero-order valence-electron chi connectivity index (χ0n) is 26.5. The molecule has 0 spiro atoms. The second-order valence-corrected chi connectivity index (χ2v) is 13.3. The van der Waals surface area contributed by atoms with E-state index in [-0.39, 0.29) is 31.1 Å². The molecule has 5 rings (SSSR count). The predicted octanol–water partition coefficient (Wildman–Crippen LogP) is 3.59. The molecule has 0 bridgehead atoms. The summed E-state index contributed by atoms with van der Waals surface area (Å²) < 4.78 is 11.9. The van der Waals surface area contributed by atoms with Crippen LogP contribution in [0.15, 0.2) is 42.5 Å². The number of rotatable bonds is 14. The number of anilines is 1. The number of amides is 2. The fourth-order valence-corrected chi connectivity index (χ4v) is 6.88. The molecule has 44 heavy (non-hydrogen) atoms. The van der Waals surface area contributed by atoms with E-state index in [9.17, 15) is 19.5 Å². The largest absolute Gasteiger partial charge is 0.481 e. The predicted molar refractivity (Wildman–Crippen MR) is 168 cm³/mol. The number of para-hydroxylation sites is 1. The number of hydrogen-bond donors (Lipinski definition) is 1. The highest BCUT2D eigenvalue weighted by Crippen LogP contribution is 2.43. The number of carboxylic acids is 1. The summed E-state index contributed by atoms with van der Waals surface area (Å²) in [7, 11) is 6.45. The molecule has 0 radical (unpaired) electrons. The van der Waals surface area contributed by atoms with Gasteiger partial charge >= 0.3 is 5.97 Å². The lowest BCUT2D eigenvalue weighted by atomic mass is 9.84. The minimum Gasteiger partial charge on any atom is -0.481 e. The third kappa shape index (κ3) is 7.18. The Hall–Kier alpha value is -3.63. The molecule has 10 heteroatoms. The summed E-state index contributed by atoms with van der Waals surface area (Å²) in [4.78, 5) is 45.6. The maximum Gasteiger partial charge on any atom is 0.308 e. The smallest absolute Gasteiger partial charge is 0.308 e. The number of carbonyl (C=O) groups is 3. The van der Waals surface area contributed by atoms with Gasteiger partial charge in [-0.15, -0.1) is 0 Å². The molecular formula is C34H47N4O6+. The Kier molecular flexibility index (Phi) is 9.80. The van der Waals surface area contributed by atoms with Crippen molar-refractivity contribution < 1.29 is 33.4 Å². The molecule has 3 atom stereocenters. The second kappa shape index (κ2) is 13.6. The van der Waals surface area contributed by atoms with Crippen LogP contribution >= 0.6 is 0 Å². The van der Waals surface area contributed by atoms with E-state index in [4.69, 9.17) is 9.47 Å². The van der Waals surface area contributed by atoms with Crippen molar-refractivity contribution in [3.63, 3.8) is 0 Å². The monoisotopic (exact) mass is 607 g/mol. The summed E-state index contributed by atoms with van der Waals surface area (Å²) in [5.74, 6) is -0.681. The molecule has 0 saturated carbocycles. The molecule has 3 aliphatic rings. The molecule has 1 saturated heterocycles. The van der Waals surface area contributed by atoms with Gasteiger partial charge in [0.15, 0.2) is 11.5 Å². The average Bonchev–Trinajstić information content (AvgIpc) is 3.67. The summed E-state index contributed by atoms with van der Waals surface area (Å²) >= 11 is 0. The van der Waals surface area contributed by atoms with Crippen LogP contribution in [-0.4, -0.2) is 110 Å². The van der Waals surface area contributed by atoms with Crippen LogP contribution in [0.2, 0.25) is 0 Å². The molecular weight excluding hydrogens is 560 g/mol. The van der Waals surface area contributed by atoms with E-state index in [1.54, 1.807) is 4.90 Å². The van der Waals surface area contributed by atoms with Gasteiger partial charge in [-0.05, 0) is 42.2 Å². The number of likely N-dealkylation sites (tertiary alicyclic amines) is 1. The van der Waals surface area contributed by atoms with Crippen molar-refractivity contribution in [2.24, 2.45) is 5.92 Å². The summed E-state index contributed by atoms with van der Waals surface area (Å²) in [5.41, 5.74) is 2.74. The normalized spacial score (nSPS) is 21.1. The van der Waals surface area contributed by atoms with Crippen molar-refractivity contribution in [2.75, 3.05) is 72.1 Å². The molecule has 3 unspecified atom stereocenters. The van der Waals surface area contributed by atoms with Crippen LogP contribution in [0.5, 0.6) is 11.5 Å². The fourth-order valence-electron chi connectivity index (χ4n) is 6.88. The fraction of sp³-hybridized carbons (Fsp3) is 0.559. The van der Waals surface area contributed by atoms with Crippen molar-refractivity contribution in [1.29, 1.82) is 0 Å². The molecule has 0 aliphatic carbocycles. The lowest BCUT2D eigenvalue weighted by molar-refractivity contribution is -0.870. The van der Waals surface area contributed by atoms with Crippen molar-refractivity contribution >= 4 is 23.5 Å². The Morgan fingerprint density at radius 2 is 1.80 bits per heavy atom. The van der Waals surface area contributed by atoms with Gasteiger partial charge in [-0.3, -0.25) is 19.3 Å². The van der Waals surface area contributed by atoms with Crippen LogP contribution in [0.1, 0.15) is 49.7 Å². The number of nitrogens with zero attached hydrogens (tertiary/aromatic N) is 4. The summed E-state index contributed by atoms with van der Waals surface area (Å²) in [6, 6.07) is 13.0. The van der Waals surface area contributed by atoms with E-state index >= 15 is 0 Å². The number of carboxylic acid groups (broad SMARTS) is 1. The van der Waals surface area contributed by atoms with Crippen LogP contribution in [0.3, 0.4) is 0 Å². The van der Waals surface area contributed by atoms with Gasteiger partial charge in [0.1, 0.15) is 0 Å². The Morgan fingerprint density at radius 1 is 1.05 bits per heavy atom. The van der Waals surface area contributed by atoms with Crippen LogP contribution < -0.4 is 14.4 Å². The Bertz CT molecular complexity index is 1360. The summed E-state index contributed by atoms with van der Waals surface area (Å²) in [5, 5.41) is 10.6. The maximum absolute atomic E-state index is 13.9. The average molecular weight is 608 g/mol. The van der Waals surface area contributed by atoms with E-state index in [1.165, 1.54) is 0 Å². The first-order valence-electron chi connectivity index (χ1n) is 15.9. The van der Waals surface area contributed by atoms with Gasteiger partial charge in [-0.1, -0.05) is 37.6 Å². The number of carbonyl (C=O) groups excluding carboxylic acids is 2. The van der Waals surface area contributed by atoms with Crippen molar-refractivity contribution in [1.82, 2.24) is 9.80 Å². The number of benzene rings is 2. The topological polar surface area (TPSA) is 99.6 Å². The number of quaternary nitrogens is 1. The molecule has 10 nitrogen and oxygen atoms in total. The molecule has 2 amide bonds. The number of aliphatic carboxylic acids is 1. The van der Waals surface area contributed by atoms with Gasteiger partial charge in [0.25, 0.3) is 0 Å². The van der Waals surface area contributed by atoms with Gasteiger partial charge in [0, 0.05) is 50.2 Å². The zero-order valence-corrected chi connectivity index (χ0v) is 26.5. The molecule has 1 N–H and O–H groups in total. The molecule has 3 aliphatic heterocycles. The first-order valence-corrected chi connectivity index (χ1v) is 15.9. The standard InChI is InChI=1S/C34H46N4O6/c1-5-6-15-35(16-9-18-38(2,3)4)32(40)22-36-21-26(24-12-13-29-30(19-24)44-23-43-29)33(34(41)42)28(36)14-17-37-27-11-8-7-10-25(27)20-31(37)39/h7-8,10-13,19,26,28,33H,5-6,9,14-18,20-23H2,1-4H3/p+1. The first kappa shape index (κ1) is 31.8. The maximum atomic E-state index is 13.9. The third-order valence-electron chi connectivity index (χ3n) is 9.16. The zero-order chi connectivity index (χ0) is 31.4. The van der Waals surface area contributed by atoms with Gasteiger partial charge in [0.2, 0.25) is 18.6 Å². The van der Waals surface area contributed by atoms with Gasteiger partial charge < -0.3 is 28.9 Å². The number of ether oxygens (including phenoxy) is 2. The Labute approximate surface area is 260 Å². The quantitative estimate of drug-likeness (QED) is 0.328. The number of unbranched alkanes of at least 4 members (excludes halogenated alkanes) is 1. The van der Waals surface area contributed by atoms with E-state index in [1.807, 2.05) is 47.4 Å². The Morgan fingerprint density at radius 3 is 2.55 bits per heavy atom. The van der Waals surface area contributed by atoms with Crippen molar-refractivity contribution in [3.8, 4) is 11.5 Å². The van der Waals surface area contributed by atoms with Crippen LogP contribution in [0.25, 0.3) is 0 Å². The van der Waals surface area contributed by atoms with Crippen molar-refractivity contribution in [2.45, 2.75) is 51.0 Å². The Balaban J connectivity index is 1.39. The SMILES string of the molecule is CCCCN(CCC[N+](C)(C)C)C(=O)CN1CC(c2ccc3c(c2)OCO3)C(C(=O)O)C1CCN1C(=O)Cc2ccccc21. The van der Waals surface area contributed by atoms with Gasteiger partial charge in [-0.25, -0.2) is 0 Å². The van der Waals surface area contributed by atoms with Gasteiger partial charge in [-0.2, -0.15) is 0 Å². The number of fused-ring (bicyclic) bond motifs is 2. The number of hydrogen-bond acceptors (Lipinski definition) is 6. The van der Waals surface area contributed by atoms with E-state index in [2.05, 4.69) is 33.0 Å². The molecule has 1 fully saturated rings. The summed E-state index contributed by atoms with van der Waals surface area (Å²) in [6.07, 6.45) is 3.61. The van der Waals surface area contributed by atoms with Crippen LogP contribution in [0.4, 0.5) is 5.69 Å². The first-order chi connectivity index (χ1) is 21.1. The highest BCUT2D eigenvalue weighted by atomic mass is 16.7. The molecule has 238 valence electrons. The summed E-state index contributed by atoms with van der Waals surface area (Å²) in [6.45, 7) is 5.56. The molecule has 2 aromatic carbocycles. The second-order valence-electron chi connectivity index (χ2n) is 13.3.